The summed E-state index contributed by atoms with van der Waals surface area (Å²) in [5.41, 5.74) is 1.23. The first-order chi connectivity index (χ1) is 11.2. The Bertz CT molecular complexity index is 838. The molecule has 3 aromatic rings. The van der Waals surface area contributed by atoms with Crippen molar-refractivity contribution >= 4 is 33.3 Å². The lowest BCUT2D eigenvalue weighted by Crippen LogP contribution is -2.18. The van der Waals surface area contributed by atoms with Crippen molar-refractivity contribution in [3.8, 4) is 0 Å². The minimum atomic E-state index is 0.544. The number of nitrogens with zero attached hydrogens (tertiary/aromatic N) is 5. The van der Waals surface area contributed by atoms with Crippen molar-refractivity contribution in [1.29, 1.82) is 0 Å². The number of hydrogen-bond donors (Lipinski definition) is 0. The monoisotopic (exact) mass is 347 g/mol. The van der Waals surface area contributed by atoms with Crippen LogP contribution in [0.2, 0.25) is 0 Å². The Balaban J connectivity index is 1.57. The van der Waals surface area contributed by atoms with E-state index in [-0.39, 0.29) is 0 Å². The molecule has 0 aliphatic carbocycles. The van der Waals surface area contributed by atoms with Gasteiger partial charge in [0.1, 0.15) is 16.2 Å². The molecule has 1 aliphatic rings. The van der Waals surface area contributed by atoms with Crippen LogP contribution in [0.3, 0.4) is 0 Å². The zero-order valence-electron chi connectivity index (χ0n) is 13.1. The lowest BCUT2D eigenvalue weighted by Gasteiger charge is -2.10. The Kier molecular flexibility index (Phi) is 4.04. The van der Waals surface area contributed by atoms with E-state index in [1.807, 2.05) is 0 Å². The Morgan fingerprint density at radius 2 is 2.04 bits per heavy atom. The Morgan fingerprint density at radius 3 is 2.87 bits per heavy atom. The minimum absolute atomic E-state index is 0.544. The Morgan fingerprint density at radius 1 is 1.22 bits per heavy atom. The molecule has 23 heavy (non-hydrogen) atoms. The average Bonchev–Trinajstić information content (AvgIpc) is 3.24. The first-order valence-corrected chi connectivity index (χ1v) is 9.27. The van der Waals surface area contributed by atoms with E-state index in [1.54, 1.807) is 17.7 Å². The largest absolute Gasteiger partial charge is 0.414 e. The molecule has 3 aromatic heterocycles. The second-order valence-corrected chi connectivity index (χ2v) is 7.83. The zero-order chi connectivity index (χ0) is 15.8. The SMILES string of the molecule is Cc1sc2ncnc(Sc3nnc(CN4CCCC4)o3)c2c1C. The second-order valence-electron chi connectivity index (χ2n) is 5.69. The summed E-state index contributed by atoms with van der Waals surface area (Å²) in [5.74, 6) is 0.679. The minimum Gasteiger partial charge on any atom is -0.414 e. The molecule has 0 saturated carbocycles. The number of rotatable bonds is 4. The van der Waals surface area contributed by atoms with Crippen molar-refractivity contribution in [2.75, 3.05) is 13.1 Å². The molecule has 1 saturated heterocycles. The number of hydrogen-bond acceptors (Lipinski definition) is 8. The summed E-state index contributed by atoms with van der Waals surface area (Å²) < 4.78 is 5.79. The van der Waals surface area contributed by atoms with Crippen LogP contribution >= 0.6 is 23.1 Å². The van der Waals surface area contributed by atoms with E-state index in [4.69, 9.17) is 4.42 Å². The molecular weight excluding hydrogens is 330 g/mol. The summed E-state index contributed by atoms with van der Waals surface area (Å²) >= 11 is 3.11. The summed E-state index contributed by atoms with van der Waals surface area (Å²) in [6, 6.07) is 0. The van der Waals surface area contributed by atoms with Gasteiger partial charge >= 0.3 is 0 Å². The topological polar surface area (TPSA) is 67.9 Å². The fourth-order valence-electron chi connectivity index (χ4n) is 2.79. The number of fused-ring (bicyclic) bond motifs is 1. The van der Waals surface area contributed by atoms with Gasteiger partial charge < -0.3 is 4.42 Å². The van der Waals surface area contributed by atoms with Gasteiger partial charge in [0.2, 0.25) is 5.89 Å². The van der Waals surface area contributed by atoms with Gasteiger partial charge in [0.05, 0.1) is 6.54 Å². The fraction of sp³-hybridized carbons (Fsp3) is 0.467. The molecule has 6 nitrogen and oxygen atoms in total. The van der Waals surface area contributed by atoms with E-state index in [9.17, 15) is 0 Å². The highest BCUT2D eigenvalue weighted by Gasteiger charge is 2.18. The fourth-order valence-corrected chi connectivity index (χ4v) is 4.68. The van der Waals surface area contributed by atoms with Gasteiger partial charge in [-0.3, -0.25) is 4.90 Å². The maximum Gasteiger partial charge on any atom is 0.283 e. The predicted molar refractivity (Wildman–Crippen MR) is 89.8 cm³/mol. The number of thiophene rings is 1. The lowest BCUT2D eigenvalue weighted by atomic mass is 10.2. The van der Waals surface area contributed by atoms with Crippen LogP contribution in [0.15, 0.2) is 21.0 Å². The van der Waals surface area contributed by atoms with Gasteiger partial charge in [0.15, 0.2) is 0 Å². The van der Waals surface area contributed by atoms with Crippen LogP contribution in [-0.2, 0) is 6.54 Å². The van der Waals surface area contributed by atoms with Crippen molar-refractivity contribution in [2.45, 2.75) is 43.5 Å². The van der Waals surface area contributed by atoms with Crippen molar-refractivity contribution in [1.82, 2.24) is 25.1 Å². The molecule has 0 atom stereocenters. The molecule has 8 heteroatoms. The zero-order valence-corrected chi connectivity index (χ0v) is 14.7. The van der Waals surface area contributed by atoms with Crippen LogP contribution in [0, 0.1) is 13.8 Å². The Labute approximate surface area is 142 Å². The molecule has 0 amide bonds. The molecule has 0 N–H and O–H groups in total. The molecule has 0 aromatic carbocycles. The first-order valence-electron chi connectivity index (χ1n) is 7.64. The van der Waals surface area contributed by atoms with Crippen LogP contribution in [0.25, 0.3) is 10.2 Å². The van der Waals surface area contributed by atoms with Gasteiger partial charge in [0.25, 0.3) is 5.22 Å². The molecule has 120 valence electrons. The standard InChI is InChI=1S/C15H17N5OS2/c1-9-10(2)22-13-12(9)14(17-8-16-13)23-15-19-18-11(21-15)7-20-5-3-4-6-20/h8H,3-7H2,1-2H3. The van der Waals surface area contributed by atoms with E-state index in [1.165, 1.54) is 35.0 Å². The van der Waals surface area contributed by atoms with E-state index in [0.29, 0.717) is 11.1 Å². The van der Waals surface area contributed by atoms with E-state index >= 15 is 0 Å². The predicted octanol–water partition coefficient (Wildman–Crippen LogP) is 3.44. The number of aromatic nitrogens is 4. The maximum absolute atomic E-state index is 5.79. The molecule has 0 bridgehead atoms. The van der Waals surface area contributed by atoms with Gasteiger partial charge in [-0.1, -0.05) is 0 Å². The van der Waals surface area contributed by atoms with Crippen molar-refractivity contribution in [3.05, 3.63) is 22.7 Å². The van der Waals surface area contributed by atoms with Gasteiger partial charge in [-0.05, 0) is 57.1 Å². The third-order valence-electron chi connectivity index (χ3n) is 4.12. The maximum atomic E-state index is 5.79. The summed E-state index contributed by atoms with van der Waals surface area (Å²) in [4.78, 5) is 13.4. The summed E-state index contributed by atoms with van der Waals surface area (Å²) in [6.45, 7) is 7.18. The third kappa shape index (κ3) is 2.98. The molecule has 1 aliphatic heterocycles. The van der Waals surface area contributed by atoms with Gasteiger partial charge in [-0.2, -0.15) is 0 Å². The van der Waals surface area contributed by atoms with Crippen LogP contribution in [0.1, 0.15) is 29.2 Å². The molecule has 4 heterocycles. The molecular formula is C15H17N5OS2. The van der Waals surface area contributed by atoms with Gasteiger partial charge in [0, 0.05) is 10.3 Å². The number of likely N-dealkylation sites (tertiary alicyclic amines) is 1. The molecule has 0 spiro atoms. The quantitative estimate of drug-likeness (QED) is 0.670. The van der Waals surface area contributed by atoms with Crippen molar-refractivity contribution in [3.63, 3.8) is 0 Å². The summed E-state index contributed by atoms with van der Waals surface area (Å²) in [6.07, 6.45) is 4.11. The van der Waals surface area contributed by atoms with Crippen LogP contribution in [0.4, 0.5) is 0 Å². The van der Waals surface area contributed by atoms with Crippen LogP contribution in [0.5, 0.6) is 0 Å². The highest BCUT2D eigenvalue weighted by molar-refractivity contribution is 7.99. The van der Waals surface area contributed by atoms with E-state index in [2.05, 4.69) is 38.9 Å². The third-order valence-corrected chi connectivity index (χ3v) is 6.08. The van der Waals surface area contributed by atoms with E-state index < -0.39 is 0 Å². The highest BCUT2D eigenvalue weighted by Crippen LogP contribution is 2.36. The van der Waals surface area contributed by atoms with Crippen molar-refractivity contribution in [2.24, 2.45) is 0 Å². The van der Waals surface area contributed by atoms with E-state index in [0.717, 1.165) is 34.9 Å². The summed E-state index contributed by atoms with van der Waals surface area (Å²) in [7, 11) is 0. The molecule has 0 unspecified atom stereocenters. The van der Waals surface area contributed by atoms with Gasteiger partial charge in [-0.15, -0.1) is 21.5 Å². The van der Waals surface area contributed by atoms with Crippen LogP contribution < -0.4 is 0 Å². The van der Waals surface area contributed by atoms with Crippen LogP contribution in [-0.4, -0.2) is 38.2 Å². The molecule has 1 fully saturated rings. The Hall–Kier alpha value is -1.51. The van der Waals surface area contributed by atoms with Gasteiger partial charge in [-0.25, -0.2) is 9.97 Å². The normalized spacial score (nSPS) is 15.7. The lowest BCUT2D eigenvalue weighted by molar-refractivity contribution is 0.278. The smallest absolute Gasteiger partial charge is 0.283 e. The average molecular weight is 347 g/mol. The number of aryl methyl sites for hydroxylation is 2. The summed E-state index contributed by atoms with van der Waals surface area (Å²) in [5, 5.41) is 10.8. The first kappa shape index (κ1) is 15.0. The second kappa shape index (κ2) is 6.18. The highest BCUT2D eigenvalue weighted by atomic mass is 32.2. The molecule has 0 radical (unpaired) electrons. The van der Waals surface area contributed by atoms with Crippen molar-refractivity contribution < 1.29 is 4.42 Å². The molecule has 4 rings (SSSR count).